The molecule has 0 aliphatic rings. The van der Waals surface area contributed by atoms with Crippen LogP contribution >= 0.6 is 0 Å². The molecule has 2 aromatic rings. The molecular formula is C18H15NO7. The molecule has 0 saturated carbocycles. The standard InChI is InChI=1S/C18H15NO7/c1-10(20)25-15-8-7-12(9-16(15)26-11(2)21)17(22)19-14-6-4-3-5-13(14)18(23)24/h3-9H,1-2H3,(H,19,22)(H,23,24). The Morgan fingerprint density at radius 2 is 1.50 bits per heavy atom. The second-order valence-corrected chi connectivity index (χ2v) is 5.15. The predicted molar refractivity (Wildman–Crippen MR) is 90.4 cm³/mol. The molecule has 0 aliphatic heterocycles. The van der Waals surface area contributed by atoms with Gasteiger partial charge >= 0.3 is 17.9 Å². The van der Waals surface area contributed by atoms with Crippen LogP contribution in [-0.2, 0) is 9.59 Å². The van der Waals surface area contributed by atoms with E-state index in [2.05, 4.69) is 5.32 Å². The minimum atomic E-state index is -1.19. The normalized spacial score (nSPS) is 9.92. The van der Waals surface area contributed by atoms with Crippen molar-refractivity contribution >= 4 is 29.5 Å². The number of para-hydroxylation sites is 1. The van der Waals surface area contributed by atoms with Crippen LogP contribution in [0.1, 0.15) is 34.6 Å². The summed E-state index contributed by atoms with van der Waals surface area (Å²) in [5.74, 6) is -3.21. The van der Waals surface area contributed by atoms with Gasteiger partial charge in [0, 0.05) is 19.4 Å². The van der Waals surface area contributed by atoms with Gasteiger partial charge in [0.05, 0.1) is 11.3 Å². The van der Waals surface area contributed by atoms with E-state index < -0.39 is 23.8 Å². The first-order chi connectivity index (χ1) is 12.3. The first-order valence-corrected chi connectivity index (χ1v) is 7.42. The third-order valence-corrected chi connectivity index (χ3v) is 3.12. The van der Waals surface area contributed by atoms with Crippen molar-refractivity contribution in [3.63, 3.8) is 0 Å². The Morgan fingerprint density at radius 1 is 0.885 bits per heavy atom. The number of ether oxygens (including phenoxy) is 2. The second-order valence-electron chi connectivity index (χ2n) is 5.15. The number of anilines is 1. The second kappa shape index (κ2) is 7.93. The molecule has 0 radical (unpaired) electrons. The van der Waals surface area contributed by atoms with Gasteiger partial charge < -0.3 is 19.9 Å². The van der Waals surface area contributed by atoms with Crippen molar-refractivity contribution in [1.82, 2.24) is 0 Å². The van der Waals surface area contributed by atoms with Gasteiger partial charge in [0.1, 0.15) is 0 Å². The average Bonchev–Trinajstić information content (AvgIpc) is 2.55. The molecule has 1 amide bonds. The molecule has 0 bridgehead atoms. The first-order valence-electron chi connectivity index (χ1n) is 7.42. The number of nitrogens with one attached hydrogen (secondary N) is 1. The molecule has 0 aliphatic carbocycles. The summed E-state index contributed by atoms with van der Waals surface area (Å²) in [5.41, 5.74) is 0.123. The van der Waals surface area contributed by atoms with Crippen LogP contribution < -0.4 is 14.8 Å². The number of benzene rings is 2. The molecule has 134 valence electrons. The summed E-state index contributed by atoms with van der Waals surface area (Å²) in [6, 6.07) is 9.79. The highest BCUT2D eigenvalue weighted by molar-refractivity contribution is 6.08. The van der Waals surface area contributed by atoms with Gasteiger partial charge in [0.25, 0.3) is 5.91 Å². The zero-order valence-corrected chi connectivity index (χ0v) is 13.9. The maximum Gasteiger partial charge on any atom is 0.337 e. The molecular weight excluding hydrogens is 342 g/mol. The molecule has 0 saturated heterocycles. The zero-order chi connectivity index (χ0) is 19.3. The Hall–Kier alpha value is -3.68. The minimum absolute atomic E-state index is 0.0183. The highest BCUT2D eigenvalue weighted by atomic mass is 16.6. The summed E-state index contributed by atoms with van der Waals surface area (Å²) < 4.78 is 9.88. The van der Waals surface area contributed by atoms with Gasteiger partial charge in [-0.3, -0.25) is 14.4 Å². The number of esters is 2. The van der Waals surface area contributed by atoms with Crippen molar-refractivity contribution in [3.8, 4) is 11.5 Å². The number of carbonyl (C=O) groups is 4. The number of aromatic carboxylic acids is 1. The van der Waals surface area contributed by atoms with Crippen LogP contribution in [0.15, 0.2) is 42.5 Å². The summed E-state index contributed by atoms with van der Waals surface area (Å²) in [6.45, 7) is 2.34. The molecule has 0 spiro atoms. The number of hydrogen-bond donors (Lipinski definition) is 2. The Kier molecular flexibility index (Phi) is 5.69. The Morgan fingerprint density at radius 3 is 2.12 bits per heavy atom. The number of carboxylic acids is 1. The van der Waals surface area contributed by atoms with E-state index in [9.17, 15) is 19.2 Å². The maximum atomic E-state index is 12.4. The van der Waals surface area contributed by atoms with E-state index in [1.807, 2.05) is 0 Å². The Bertz CT molecular complexity index is 889. The van der Waals surface area contributed by atoms with Crippen LogP contribution in [-0.4, -0.2) is 28.9 Å². The maximum absolute atomic E-state index is 12.4. The van der Waals surface area contributed by atoms with E-state index in [4.69, 9.17) is 14.6 Å². The van der Waals surface area contributed by atoms with E-state index in [1.54, 1.807) is 6.07 Å². The third-order valence-electron chi connectivity index (χ3n) is 3.12. The number of hydrogen-bond acceptors (Lipinski definition) is 6. The van der Waals surface area contributed by atoms with Gasteiger partial charge in [-0.05, 0) is 30.3 Å². The molecule has 8 heteroatoms. The van der Waals surface area contributed by atoms with Gasteiger partial charge in [-0.25, -0.2) is 4.79 Å². The van der Waals surface area contributed by atoms with Crippen LogP contribution in [0.3, 0.4) is 0 Å². The van der Waals surface area contributed by atoms with Gasteiger partial charge in [0.15, 0.2) is 11.5 Å². The molecule has 2 aromatic carbocycles. The highest BCUT2D eigenvalue weighted by Crippen LogP contribution is 2.29. The van der Waals surface area contributed by atoms with E-state index in [1.165, 1.54) is 43.3 Å². The number of carboxylic acid groups (broad SMARTS) is 1. The fourth-order valence-corrected chi connectivity index (χ4v) is 2.10. The van der Waals surface area contributed by atoms with E-state index in [0.29, 0.717) is 0 Å². The summed E-state index contributed by atoms with van der Waals surface area (Å²) in [6.07, 6.45) is 0. The highest BCUT2D eigenvalue weighted by Gasteiger charge is 2.17. The summed E-state index contributed by atoms with van der Waals surface area (Å²) >= 11 is 0. The molecule has 0 unspecified atom stereocenters. The van der Waals surface area contributed by atoms with E-state index >= 15 is 0 Å². The Labute approximate surface area is 148 Å². The summed E-state index contributed by atoms with van der Waals surface area (Å²) in [5, 5.41) is 11.6. The monoisotopic (exact) mass is 357 g/mol. The molecule has 0 aromatic heterocycles. The first kappa shape index (κ1) is 18.7. The van der Waals surface area contributed by atoms with Crippen molar-refractivity contribution in [2.75, 3.05) is 5.32 Å². The van der Waals surface area contributed by atoms with Crippen molar-refractivity contribution in [3.05, 3.63) is 53.6 Å². The molecule has 8 nitrogen and oxygen atoms in total. The van der Waals surface area contributed by atoms with Gasteiger partial charge in [-0.15, -0.1) is 0 Å². The largest absolute Gasteiger partial charge is 0.478 e. The predicted octanol–water partition coefficient (Wildman–Crippen LogP) is 2.49. The van der Waals surface area contributed by atoms with Crippen molar-refractivity contribution in [2.45, 2.75) is 13.8 Å². The number of rotatable bonds is 5. The van der Waals surface area contributed by atoms with E-state index in [-0.39, 0.29) is 28.3 Å². The van der Waals surface area contributed by atoms with Crippen molar-refractivity contribution in [2.24, 2.45) is 0 Å². The average molecular weight is 357 g/mol. The number of carbonyl (C=O) groups excluding carboxylic acids is 3. The molecule has 26 heavy (non-hydrogen) atoms. The number of amides is 1. The summed E-state index contributed by atoms with van der Waals surface area (Å²) in [4.78, 5) is 45.9. The fraction of sp³-hybridized carbons (Fsp3) is 0.111. The van der Waals surface area contributed by atoms with E-state index in [0.717, 1.165) is 6.92 Å². The van der Waals surface area contributed by atoms with Crippen molar-refractivity contribution < 1.29 is 33.8 Å². The molecule has 0 atom stereocenters. The Balaban J connectivity index is 2.33. The lowest BCUT2D eigenvalue weighted by Crippen LogP contribution is -2.15. The fourth-order valence-electron chi connectivity index (χ4n) is 2.10. The topological polar surface area (TPSA) is 119 Å². The van der Waals surface area contributed by atoms with Crippen molar-refractivity contribution in [1.29, 1.82) is 0 Å². The van der Waals surface area contributed by atoms with Crippen LogP contribution in [0.5, 0.6) is 11.5 Å². The molecule has 2 N–H and O–H groups in total. The van der Waals surface area contributed by atoms with Gasteiger partial charge in [-0.1, -0.05) is 12.1 Å². The van der Waals surface area contributed by atoms with Crippen LogP contribution in [0.2, 0.25) is 0 Å². The SMILES string of the molecule is CC(=O)Oc1ccc(C(=O)Nc2ccccc2C(=O)O)cc1OC(C)=O. The van der Waals surface area contributed by atoms with Gasteiger partial charge in [-0.2, -0.15) is 0 Å². The smallest absolute Gasteiger partial charge is 0.337 e. The quantitative estimate of drug-likeness (QED) is 0.623. The van der Waals surface area contributed by atoms with Crippen LogP contribution in [0.25, 0.3) is 0 Å². The molecule has 0 heterocycles. The zero-order valence-electron chi connectivity index (χ0n) is 13.9. The lowest BCUT2D eigenvalue weighted by Gasteiger charge is -2.12. The minimum Gasteiger partial charge on any atom is -0.478 e. The lowest BCUT2D eigenvalue weighted by molar-refractivity contribution is -0.134. The lowest BCUT2D eigenvalue weighted by atomic mass is 10.1. The van der Waals surface area contributed by atoms with Crippen LogP contribution in [0, 0.1) is 0 Å². The summed E-state index contributed by atoms with van der Waals surface area (Å²) in [7, 11) is 0. The van der Waals surface area contributed by atoms with Crippen LogP contribution in [0.4, 0.5) is 5.69 Å². The molecule has 0 fully saturated rings. The third kappa shape index (κ3) is 4.67. The molecule has 2 rings (SSSR count). The van der Waals surface area contributed by atoms with Gasteiger partial charge in [0.2, 0.25) is 0 Å².